The zero-order chi connectivity index (χ0) is 21.8. The molecule has 2 aliphatic rings. The van der Waals surface area contributed by atoms with Crippen LogP contribution in [0.1, 0.15) is 29.2 Å². The van der Waals surface area contributed by atoms with Crippen LogP contribution in [0, 0.1) is 5.92 Å². The second-order valence-electron chi connectivity index (χ2n) is 7.93. The van der Waals surface area contributed by atoms with Gasteiger partial charge in [-0.05, 0) is 23.3 Å². The fourth-order valence-electron chi connectivity index (χ4n) is 5.20. The van der Waals surface area contributed by atoms with Gasteiger partial charge in [0.05, 0.1) is 18.1 Å². The molecule has 7 heteroatoms. The van der Waals surface area contributed by atoms with Crippen LogP contribution >= 0.6 is 27.5 Å². The molecular formula is C24H19BrClNO4. The number of hydrogen-bond donors (Lipinski definition) is 1. The van der Waals surface area contributed by atoms with Crippen molar-refractivity contribution in [2.24, 2.45) is 5.92 Å². The molecule has 0 bridgehead atoms. The Morgan fingerprint density at radius 2 is 1.94 bits per heavy atom. The summed E-state index contributed by atoms with van der Waals surface area (Å²) >= 11 is 9.66. The lowest BCUT2D eigenvalue weighted by molar-refractivity contribution is -0.146. The van der Waals surface area contributed by atoms with Crippen LogP contribution in [0.4, 0.5) is 0 Å². The second-order valence-corrected chi connectivity index (χ2v) is 9.28. The Hall–Kier alpha value is -2.41. The lowest BCUT2D eigenvalue weighted by Crippen LogP contribution is -2.48. The lowest BCUT2D eigenvalue weighted by atomic mass is 9.71. The van der Waals surface area contributed by atoms with Crippen LogP contribution in [-0.2, 0) is 20.7 Å². The fraction of sp³-hybridized carbons (Fsp3) is 0.250. The molecule has 2 heterocycles. The van der Waals surface area contributed by atoms with E-state index >= 15 is 0 Å². The molecule has 5 rings (SSSR count). The van der Waals surface area contributed by atoms with E-state index in [1.807, 2.05) is 54.6 Å². The Morgan fingerprint density at radius 1 is 1.23 bits per heavy atom. The average Bonchev–Trinajstić information content (AvgIpc) is 3.18. The third-order valence-corrected chi connectivity index (χ3v) is 7.12. The molecule has 5 nitrogen and oxygen atoms in total. The number of fused-ring (bicyclic) bond motifs is 3. The van der Waals surface area contributed by atoms with E-state index in [1.165, 1.54) is 13.3 Å². The minimum absolute atomic E-state index is 0.108. The number of methoxy groups -OCH3 is 1. The zero-order valence-electron chi connectivity index (χ0n) is 16.6. The number of rotatable bonds is 3. The number of benzene rings is 2. The van der Waals surface area contributed by atoms with Crippen LogP contribution in [0.2, 0.25) is 5.02 Å². The predicted molar refractivity (Wildman–Crippen MR) is 119 cm³/mol. The maximum Gasteiger partial charge on any atom is 0.309 e. The van der Waals surface area contributed by atoms with Gasteiger partial charge in [0.1, 0.15) is 11.4 Å². The first-order valence-electron chi connectivity index (χ1n) is 9.87. The van der Waals surface area contributed by atoms with Crippen LogP contribution in [0.3, 0.4) is 0 Å². The summed E-state index contributed by atoms with van der Waals surface area (Å²) in [6, 6.07) is 18.9. The number of carbonyl (C=O) groups excluding carboxylic acids is 1. The molecule has 0 radical (unpaired) electrons. The quantitative estimate of drug-likeness (QED) is 0.516. The van der Waals surface area contributed by atoms with E-state index in [0.29, 0.717) is 16.5 Å². The van der Waals surface area contributed by atoms with Crippen molar-refractivity contribution in [3.8, 4) is 5.75 Å². The third kappa shape index (κ3) is 2.85. The Kier molecular flexibility index (Phi) is 4.84. The summed E-state index contributed by atoms with van der Waals surface area (Å²) in [4.78, 5) is 17.4. The van der Waals surface area contributed by atoms with E-state index in [2.05, 4.69) is 20.9 Å². The number of aromatic nitrogens is 1. The molecule has 1 aliphatic heterocycles. The standard InChI is InChI=1S/C24H19BrClNO4/c1-30-22(28)18-12-23(29)21-19(11-17(26)13-27-21)31-24(23,15-7-9-16(25)10-8-15)20(18)14-5-3-2-4-6-14/h2-11,13,18,20,29H,12H2,1H3/t18-,20+,23+,24-/m0/s1. The number of nitrogens with zero attached hydrogens (tertiary/aromatic N) is 1. The number of pyridine rings is 1. The van der Waals surface area contributed by atoms with Crippen LogP contribution in [-0.4, -0.2) is 23.2 Å². The van der Waals surface area contributed by atoms with Gasteiger partial charge in [0.15, 0.2) is 11.2 Å². The van der Waals surface area contributed by atoms with Crippen LogP contribution in [0.25, 0.3) is 0 Å². The number of halogens is 2. The van der Waals surface area contributed by atoms with E-state index in [4.69, 9.17) is 21.1 Å². The van der Waals surface area contributed by atoms with E-state index in [0.717, 1.165) is 15.6 Å². The van der Waals surface area contributed by atoms with Crippen molar-refractivity contribution >= 4 is 33.5 Å². The maximum absolute atomic E-state index is 12.9. The SMILES string of the molecule is COC(=O)[C@H]1C[C@@]2(O)c3ncc(Cl)cc3O[C@@]2(c2ccc(Br)cc2)[C@@H]1c1ccccc1. The Bertz CT molecular complexity index is 1160. The molecule has 1 saturated carbocycles. The maximum atomic E-state index is 12.9. The molecule has 0 unspecified atom stereocenters. The zero-order valence-corrected chi connectivity index (χ0v) is 18.9. The number of esters is 1. The van der Waals surface area contributed by atoms with Crippen molar-refractivity contribution < 1.29 is 19.4 Å². The van der Waals surface area contributed by atoms with E-state index < -0.39 is 29.0 Å². The number of carbonyl (C=O) groups is 1. The lowest BCUT2D eigenvalue weighted by Gasteiger charge is -2.40. The van der Waals surface area contributed by atoms with Gasteiger partial charge in [0, 0.05) is 29.1 Å². The molecule has 0 saturated heterocycles. The molecule has 0 spiro atoms. The summed E-state index contributed by atoms with van der Waals surface area (Å²) in [7, 11) is 1.36. The van der Waals surface area contributed by atoms with Gasteiger partial charge in [-0.1, -0.05) is 70.0 Å². The topological polar surface area (TPSA) is 68.7 Å². The van der Waals surface area contributed by atoms with E-state index in [-0.39, 0.29) is 6.42 Å². The van der Waals surface area contributed by atoms with Crippen molar-refractivity contribution in [2.45, 2.75) is 23.5 Å². The summed E-state index contributed by atoms with van der Waals surface area (Å²) in [6.45, 7) is 0. The first-order chi connectivity index (χ1) is 14.9. The van der Waals surface area contributed by atoms with Crippen molar-refractivity contribution in [1.82, 2.24) is 4.98 Å². The monoisotopic (exact) mass is 499 g/mol. The molecule has 158 valence electrons. The van der Waals surface area contributed by atoms with Gasteiger partial charge in [-0.3, -0.25) is 9.78 Å². The van der Waals surface area contributed by atoms with Crippen LogP contribution in [0.15, 0.2) is 71.3 Å². The van der Waals surface area contributed by atoms with Crippen molar-refractivity contribution in [3.05, 3.63) is 93.2 Å². The largest absolute Gasteiger partial charge is 0.476 e. The molecule has 1 fully saturated rings. The average molecular weight is 501 g/mol. The van der Waals surface area contributed by atoms with Gasteiger partial charge in [0.25, 0.3) is 0 Å². The number of hydrogen-bond acceptors (Lipinski definition) is 5. The normalized spacial score (nSPS) is 28.5. The van der Waals surface area contributed by atoms with Crippen molar-refractivity contribution in [2.75, 3.05) is 7.11 Å². The third-order valence-electron chi connectivity index (χ3n) is 6.39. The van der Waals surface area contributed by atoms with Crippen LogP contribution in [0.5, 0.6) is 5.75 Å². The van der Waals surface area contributed by atoms with Gasteiger partial charge in [0.2, 0.25) is 0 Å². The summed E-state index contributed by atoms with van der Waals surface area (Å²) in [5, 5.41) is 12.7. The molecule has 1 aliphatic carbocycles. The van der Waals surface area contributed by atoms with Crippen molar-refractivity contribution in [3.63, 3.8) is 0 Å². The Labute approximate surface area is 193 Å². The Balaban J connectivity index is 1.82. The highest BCUT2D eigenvalue weighted by Gasteiger charge is 2.73. The van der Waals surface area contributed by atoms with Gasteiger partial charge in [-0.2, -0.15) is 0 Å². The summed E-state index contributed by atoms with van der Waals surface area (Å²) < 4.78 is 12.6. The van der Waals surface area contributed by atoms with Crippen LogP contribution < -0.4 is 4.74 Å². The fourth-order valence-corrected chi connectivity index (χ4v) is 5.62. The highest BCUT2D eigenvalue weighted by atomic mass is 79.9. The van der Waals surface area contributed by atoms with Gasteiger partial charge in [-0.25, -0.2) is 0 Å². The molecule has 3 aromatic rings. The summed E-state index contributed by atoms with van der Waals surface area (Å²) in [6.07, 6.45) is 1.60. The van der Waals surface area contributed by atoms with E-state index in [1.54, 1.807) is 6.07 Å². The highest BCUT2D eigenvalue weighted by Crippen LogP contribution is 2.68. The number of ether oxygens (including phenoxy) is 2. The molecule has 31 heavy (non-hydrogen) atoms. The summed E-state index contributed by atoms with van der Waals surface area (Å²) in [5.41, 5.74) is -0.844. The predicted octanol–water partition coefficient (Wildman–Crippen LogP) is 4.95. The molecular weight excluding hydrogens is 482 g/mol. The first-order valence-corrected chi connectivity index (χ1v) is 11.0. The Morgan fingerprint density at radius 3 is 2.61 bits per heavy atom. The van der Waals surface area contributed by atoms with Gasteiger partial charge in [-0.15, -0.1) is 0 Å². The van der Waals surface area contributed by atoms with Gasteiger partial charge < -0.3 is 14.6 Å². The van der Waals surface area contributed by atoms with Gasteiger partial charge >= 0.3 is 5.97 Å². The molecule has 1 aromatic heterocycles. The molecule has 1 N–H and O–H groups in total. The smallest absolute Gasteiger partial charge is 0.309 e. The van der Waals surface area contributed by atoms with E-state index in [9.17, 15) is 9.90 Å². The minimum atomic E-state index is -1.56. The number of aliphatic hydroxyl groups is 1. The molecule has 0 amide bonds. The molecule has 4 atom stereocenters. The second kappa shape index (κ2) is 7.33. The minimum Gasteiger partial charge on any atom is -0.476 e. The summed E-state index contributed by atoms with van der Waals surface area (Å²) in [5.74, 6) is -1.12. The van der Waals surface area contributed by atoms with Crippen molar-refractivity contribution in [1.29, 1.82) is 0 Å². The molecule has 2 aromatic carbocycles. The highest BCUT2D eigenvalue weighted by molar-refractivity contribution is 9.10. The first kappa shape index (κ1) is 20.5.